The number of carbonyl (C=O) groups excluding carboxylic acids is 1. The normalized spacial score (nSPS) is 30.5. The highest BCUT2D eigenvalue weighted by Crippen LogP contribution is 2.56. The monoisotopic (exact) mass is 421 g/mol. The first-order valence-electron chi connectivity index (χ1n) is 10.5. The molecule has 5 nitrogen and oxygen atoms in total. The molecule has 1 aromatic carbocycles. The van der Waals surface area contributed by atoms with Crippen molar-refractivity contribution in [3.05, 3.63) is 29.1 Å². The summed E-state index contributed by atoms with van der Waals surface area (Å²) < 4.78 is 45.5. The molecular weight excluding hydrogens is 395 g/mol. The van der Waals surface area contributed by atoms with Crippen LogP contribution in [0.3, 0.4) is 0 Å². The van der Waals surface area contributed by atoms with E-state index in [-0.39, 0.29) is 18.1 Å². The average Bonchev–Trinajstić information content (AvgIpc) is 3.31. The first kappa shape index (κ1) is 19.8. The quantitative estimate of drug-likeness (QED) is 0.742. The molecule has 2 bridgehead atoms. The van der Waals surface area contributed by atoms with Gasteiger partial charge in [0.1, 0.15) is 11.9 Å². The summed E-state index contributed by atoms with van der Waals surface area (Å²) in [5, 5.41) is 0. The molecule has 162 valence electrons. The number of piperidine rings is 1. The van der Waals surface area contributed by atoms with Crippen LogP contribution < -0.4 is 0 Å². The minimum Gasteiger partial charge on any atom is -0.370 e. The Kier molecular flexibility index (Phi) is 4.11. The fourth-order valence-corrected chi connectivity index (χ4v) is 5.79. The van der Waals surface area contributed by atoms with E-state index in [0.29, 0.717) is 12.8 Å². The first-order chi connectivity index (χ1) is 14.0. The van der Waals surface area contributed by atoms with Crippen molar-refractivity contribution < 1.29 is 22.7 Å². The molecule has 0 saturated carbocycles. The number of aromatic amines is 1. The largest absolute Gasteiger partial charge is 0.471 e. The highest BCUT2D eigenvalue weighted by Gasteiger charge is 2.59. The van der Waals surface area contributed by atoms with Crippen molar-refractivity contribution >= 4 is 16.9 Å². The van der Waals surface area contributed by atoms with Crippen LogP contribution in [-0.4, -0.2) is 46.1 Å². The zero-order valence-corrected chi connectivity index (χ0v) is 17.4. The van der Waals surface area contributed by atoms with E-state index in [9.17, 15) is 18.0 Å². The number of amides is 1. The van der Waals surface area contributed by atoms with Crippen LogP contribution in [0.4, 0.5) is 13.2 Å². The van der Waals surface area contributed by atoms with Gasteiger partial charge < -0.3 is 14.6 Å². The SMILES string of the molecule is CC1(C)[C@H]2Cc3cc4[nH]c(C5CCCO5)nc4cc3[C@]1(C)CCN2C(=O)C(F)(F)F. The number of likely N-dealkylation sites (tertiary alicyclic amines) is 1. The predicted octanol–water partition coefficient (Wildman–Crippen LogP) is 4.42. The highest BCUT2D eigenvalue weighted by atomic mass is 19.4. The number of benzene rings is 1. The van der Waals surface area contributed by atoms with Gasteiger partial charge in [-0.1, -0.05) is 20.8 Å². The van der Waals surface area contributed by atoms with E-state index in [2.05, 4.69) is 18.0 Å². The van der Waals surface area contributed by atoms with Gasteiger partial charge in [0.2, 0.25) is 0 Å². The van der Waals surface area contributed by atoms with Crippen molar-refractivity contribution in [2.24, 2.45) is 5.41 Å². The molecule has 30 heavy (non-hydrogen) atoms. The van der Waals surface area contributed by atoms with Crippen molar-refractivity contribution in [3.8, 4) is 0 Å². The summed E-state index contributed by atoms with van der Waals surface area (Å²) in [6, 6.07) is 3.60. The molecular formula is C22H26F3N3O2. The van der Waals surface area contributed by atoms with Gasteiger partial charge in [0.05, 0.1) is 11.0 Å². The van der Waals surface area contributed by atoms with Gasteiger partial charge >= 0.3 is 12.1 Å². The van der Waals surface area contributed by atoms with Crippen LogP contribution in [-0.2, 0) is 21.4 Å². The number of hydrogen-bond donors (Lipinski definition) is 1. The van der Waals surface area contributed by atoms with E-state index in [1.807, 2.05) is 19.9 Å². The van der Waals surface area contributed by atoms with Crippen molar-refractivity contribution in [3.63, 3.8) is 0 Å². The molecule has 5 rings (SSSR count). The smallest absolute Gasteiger partial charge is 0.370 e. The van der Waals surface area contributed by atoms with E-state index in [1.165, 1.54) is 0 Å². The molecule has 2 saturated heterocycles. The standard InChI is InChI=1S/C22H26F3N3O2/c1-20(2)17-10-12-9-14-15(27-18(26-14)16-5-4-8-30-16)11-13(12)21(20,3)6-7-28(17)19(29)22(23,24)25/h9,11,16-17H,4-8,10H2,1-3H3,(H,26,27)/t16?,17-,21+/m1/s1. The number of nitrogens with zero attached hydrogens (tertiary/aromatic N) is 2. The second-order valence-corrected chi connectivity index (χ2v) is 9.67. The summed E-state index contributed by atoms with van der Waals surface area (Å²) in [6.07, 6.45) is -2.05. The van der Waals surface area contributed by atoms with Crippen LogP contribution in [0.2, 0.25) is 0 Å². The minimum absolute atomic E-state index is 0.0272. The van der Waals surface area contributed by atoms with Gasteiger partial charge in [0.15, 0.2) is 0 Å². The molecule has 2 fully saturated rings. The van der Waals surface area contributed by atoms with Crippen molar-refractivity contribution in [1.82, 2.24) is 14.9 Å². The van der Waals surface area contributed by atoms with Gasteiger partial charge in [0, 0.05) is 24.6 Å². The van der Waals surface area contributed by atoms with Gasteiger partial charge in [-0.2, -0.15) is 13.2 Å². The molecule has 0 radical (unpaired) electrons. The van der Waals surface area contributed by atoms with Crippen LogP contribution in [0.15, 0.2) is 12.1 Å². The summed E-state index contributed by atoms with van der Waals surface area (Å²) >= 11 is 0. The topological polar surface area (TPSA) is 58.2 Å². The van der Waals surface area contributed by atoms with E-state index in [1.54, 1.807) is 0 Å². The van der Waals surface area contributed by atoms with Gasteiger partial charge in [-0.25, -0.2) is 4.98 Å². The van der Waals surface area contributed by atoms with Crippen molar-refractivity contribution in [2.45, 2.75) is 70.2 Å². The lowest BCUT2D eigenvalue weighted by molar-refractivity contribution is -0.195. The third-order valence-corrected chi connectivity index (χ3v) is 7.96. The lowest BCUT2D eigenvalue weighted by atomic mass is 9.51. The van der Waals surface area contributed by atoms with Crippen LogP contribution in [0, 0.1) is 5.41 Å². The molecule has 8 heteroatoms. The maximum atomic E-state index is 13.2. The number of fused-ring (bicyclic) bond motifs is 5. The van der Waals surface area contributed by atoms with Crippen LogP contribution in [0.25, 0.3) is 11.0 Å². The van der Waals surface area contributed by atoms with E-state index >= 15 is 0 Å². The summed E-state index contributed by atoms with van der Waals surface area (Å²) in [7, 11) is 0. The molecule has 3 aliphatic rings. The number of alkyl halides is 3. The maximum Gasteiger partial charge on any atom is 0.471 e. The maximum absolute atomic E-state index is 13.2. The molecule has 1 aliphatic carbocycles. The number of nitrogens with one attached hydrogen (secondary N) is 1. The summed E-state index contributed by atoms with van der Waals surface area (Å²) in [5.74, 6) is -0.916. The van der Waals surface area contributed by atoms with Gasteiger partial charge in [-0.3, -0.25) is 4.79 Å². The lowest BCUT2D eigenvalue weighted by Crippen LogP contribution is -2.66. The van der Waals surface area contributed by atoms with E-state index in [4.69, 9.17) is 9.72 Å². The van der Waals surface area contributed by atoms with Crippen LogP contribution in [0.5, 0.6) is 0 Å². The second kappa shape index (κ2) is 6.22. The number of ether oxygens (including phenoxy) is 1. The Balaban J connectivity index is 1.60. The molecule has 2 aliphatic heterocycles. The molecule has 1 amide bonds. The fourth-order valence-electron chi connectivity index (χ4n) is 5.79. The van der Waals surface area contributed by atoms with Gasteiger partial charge in [0.25, 0.3) is 0 Å². The lowest BCUT2D eigenvalue weighted by Gasteiger charge is -2.60. The Morgan fingerprint density at radius 2 is 2.07 bits per heavy atom. The van der Waals surface area contributed by atoms with Crippen LogP contribution in [0.1, 0.15) is 63.1 Å². The van der Waals surface area contributed by atoms with Gasteiger partial charge in [-0.15, -0.1) is 0 Å². The van der Waals surface area contributed by atoms with E-state index < -0.39 is 23.5 Å². The second-order valence-electron chi connectivity index (χ2n) is 9.67. The van der Waals surface area contributed by atoms with Gasteiger partial charge in [-0.05, 0) is 54.4 Å². The first-order valence-corrected chi connectivity index (χ1v) is 10.5. The molecule has 1 unspecified atom stereocenters. The highest BCUT2D eigenvalue weighted by molar-refractivity contribution is 5.83. The van der Waals surface area contributed by atoms with E-state index in [0.717, 1.165) is 52.3 Å². The summed E-state index contributed by atoms with van der Waals surface area (Å²) in [5.41, 5.74) is 3.03. The Morgan fingerprint density at radius 1 is 1.30 bits per heavy atom. The number of rotatable bonds is 1. The molecule has 0 spiro atoms. The third kappa shape index (κ3) is 2.65. The number of H-pyrrole nitrogens is 1. The molecule has 2 aromatic rings. The number of aromatic nitrogens is 2. The molecule has 1 N–H and O–H groups in total. The molecule has 1 aromatic heterocycles. The predicted molar refractivity (Wildman–Crippen MR) is 105 cm³/mol. The fraction of sp³-hybridized carbons (Fsp3) is 0.636. The Morgan fingerprint density at radius 3 is 2.73 bits per heavy atom. The number of halogens is 3. The zero-order chi connectivity index (χ0) is 21.5. The molecule has 3 atom stereocenters. The number of imidazole rings is 1. The van der Waals surface area contributed by atoms with Crippen molar-refractivity contribution in [1.29, 1.82) is 0 Å². The zero-order valence-electron chi connectivity index (χ0n) is 17.4. The Hall–Kier alpha value is -2.09. The average molecular weight is 421 g/mol. The summed E-state index contributed by atoms with van der Waals surface area (Å²) in [4.78, 5) is 21.3. The molecule has 3 heterocycles. The Bertz CT molecular complexity index is 1020. The number of carbonyl (C=O) groups is 1. The minimum atomic E-state index is -4.85. The summed E-state index contributed by atoms with van der Waals surface area (Å²) in [6.45, 7) is 6.94. The number of hydrogen-bond acceptors (Lipinski definition) is 3. The third-order valence-electron chi connectivity index (χ3n) is 7.96. The Labute approximate surface area is 173 Å². The van der Waals surface area contributed by atoms with Crippen molar-refractivity contribution in [2.75, 3.05) is 13.2 Å². The van der Waals surface area contributed by atoms with Crippen LogP contribution >= 0.6 is 0 Å².